The van der Waals surface area contributed by atoms with E-state index in [-0.39, 0.29) is 5.91 Å². The van der Waals surface area contributed by atoms with Gasteiger partial charge in [-0.2, -0.15) is 0 Å². The van der Waals surface area contributed by atoms with Crippen molar-refractivity contribution in [3.63, 3.8) is 0 Å². The van der Waals surface area contributed by atoms with Crippen molar-refractivity contribution in [1.82, 2.24) is 14.5 Å². The molecule has 0 saturated heterocycles. The van der Waals surface area contributed by atoms with Crippen LogP contribution in [-0.4, -0.2) is 41.1 Å². The second-order valence-corrected chi connectivity index (χ2v) is 5.92. The molecular weight excluding hydrogens is 314 g/mol. The minimum absolute atomic E-state index is 0.00332. The largest absolute Gasteiger partial charge is 0.491 e. The number of carbonyl (C=O) groups is 1. The lowest BCUT2D eigenvalue weighted by molar-refractivity contribution is 0.0827. The fourth-order valence-corrected chi connectivity index (χ4v) is 2.56. The van der Waals surface area contributed by atoms with Crippen LogP contribution in [0.1, 0.15) is 10.4 Å². The highest BCUT2D eigenvalue weighted by atomic mass is 16.5. The van der Waals surface area contributed by atoms with Gasteiger partial charge in [-0.05, 0) is 23.8 Å². The molecule has 3 aromatic rings. The van der Waals surface area contributed by atoms with Gasteiger partial charge in [0, 0.05) is 37.6 Å². The zero-order chi connectivity index (χ0) is 17.6. The Morgan fingerprint density at radius 2 is 1.88 bits per heavy atom. The fourth-order valence-electron chi connectivity index (χ4n) is 2.56. The third-order valence-corrected chi connectivity index (χ3v) is 3.90. The average molecular weight is 335 g/mol. The van der Waals surface area contributed by atoms with Gasteiger partial charge >= 0.3 is 0 Å². The van der Waals surface area contributed by atoms with Crippen LogP contribution in [0.2, 0.25) is 0 Å². The van der Waals surface area contributed by atoms with E-state index in [0.717, 1.165) is 23.4 Å². The monoisotopic (exact) mass is 335 g/mol. The van der Waals surface area contributed by atoms with E-state index in [0.29, 0.717) is 12.2 Å². The topological polar surface area (TPSA) is 47.4 Å². The molecular formula is C20H21N3O2. The Labute approximate surface area is 147 Å². The summed E-state index contributed by atoms with van der Waals surface area (Å²) in [6.45, 7) is 1.30. The smallest absolute Gasteiger partial charge is 0.253 e. The van der Waals surface area contributed by atoms with Crippen LogP contribution < -0.4 is 4.74 Å². The normalized spacial score (nSPS) is 10.5. The lowest BCUT2D eigenvalue weighted by atomic mass is 10.0. The Morgan fingerprint density at radius 1 is 1.12 bits per heavy atom. The van der Waals surface area contributed by atoms with Crippen LogP contribution in [0.25, 0.3) is 11.1 Å². The summed E-state index contributed by atoms with van der Waals surface area (Å²) < 4.78 is 7.93. The van der Waals surface area contributed by atoms with Gasteiger partial charge < -0.3 is 14.2 Å². The summed E-state index contributed by atoms with van der Waals surface area (Å²) in [6, 6.07) is 15.5. The van der Waals surface area contributed by atoms with Gasteiger partial charge in [0.05, 0.1) is 12.9 Å². The fraction of sp³-hybridized carbons (Fsp3) is 0.200. The molecule has 0 spiro atoms. The summed E-state index contributed by atoms with van der Waals surface area (Å²) >= 11 is 0. The second kappa shape index (κ2) is 7.66. The zero-order valence-electron chi connectivity index (χ0n) is 14.4. The Morgan fingerprint density at radius 3 is 2.56 bits per heavy atom. The van der Waals surface area contributed by atoms with E-state index in [1.165, 1.54) is 0 Å². The van der Waals surface area contributed by atoms with Crippen molar-refractivity contribution in [2.75, 3.05) is 20.7 Å². The molecule has 2 aromatic carbocycles. The Bertz CT molecular complexity index is 824. The number of imidazole rings is 1. The SMILES string of the molecule is CN(C)C(=O)c1ccc(-c2ccccc2OCCn2ccnc2)cc1. The van der Waals surface area contributed by atoms with Crippen molar-refractivity contribution >= 4 is 5.91 Å². The van der Waals surface area contributed by atoms with Crippen LogP contribution in [0.3, 0.4) is 0 Å². The highest BCUT2D eigenvalue weighted by molar-refractivity contribution is 5.94. The van der Waals surface area contributed by atoms with E-state index in [2.05, 4.69) is 4.98 Å². The highest BCUT2D eigenvalue weighted by Gasteiger charge is 2.10. The van der Waals surface area contributed by atoms with Crippen LogP contribution >= 0.6 is 0 Å². The molecule has 25 heavy (non-hydrogen) atoms. The van der Waals surface area contributed by atoms with Crippen molar-refractivity contribution in [3.05, 3.63) is 72.8 Å². The maximum Gasteiger partial charge on any atom is 0.253 e. The van der Waals surface area contributed by atoms with E-state index < -0.39 is 0 Å². The first-order valence-electron chi connectivity index (χ1n) is 8.15. The number of amides is 1. The first-order valence-corrected chi connectivity index (χ1v) is 8.15. The maximum absolute atomic E-state index is 12.0. The molecule has 0 unspecified atom stereocenters. The van der Waals surface area contributed by atoms with Gasteiger partial charge in [-0.1, -0.05) is 30.3 Å². The number of hydrogen-bond acceptors (Lipinski definition) is 3. The average Bonchev–Trinajstić information content (AvgIpc) is 3.15. The minimum Gasteiger partial charge on any atom is -0.491 e. The Kier molecular flexibility index (Phi) is 5.14. The summed E-state index contributed by atoms with van der Waals surface area (Å²) in [4.78, 5) is 17.6. The van der Waals surface area contributed by atoms with Crippen LogP contribution in [0.15, 0.2) is 67.3 Å². The second-order valence-electron chi connectivity index (χ2n) is 5.92. The molecule has 0 N–H and O–H groups in total. The van der Waals surface area contributed by atoms with Crippen molar-refractivity contribution in [2.24, 2.45) is 0 Å². The van der Waals surface area contributed by atoms with E-state index in [1.54, 1.807) is 31.5 Å². The zero-order valence-corrected chi connectivity index (χ0v) is 14.4. The lowest BCUT2D eigenvalue weighted by Gasteiger charge is -2.13. The van der Waals surface area contributed by atoms with Crippen LogP contribution in [0.4, 0.5) is 0 Å². The van der Waals surface area contributed by atoms with E-state index >= 15 is 0 Å². The Hall–Kier alpha value is -3.08. The molecule has 0 fully saturated rings. The van der Waals surface area contributed by atoms with Gasteiger partial charge in [-0.3, -0.25) is 4.79 Å². The molecule has 0 aliphatic carbocycles. The molecule has 1 heterocycles. The van der Waals surface area contributed by atoms with Gasteiger partial charge in [0.2, 0.25) is 0 Å². The number of para-hydroxylation sites is 1. The maximum atomic E-state index is 12.0. The highest BCUT2D eigenvalue weighted by Crippen LogP contribution is 2.30. The lowest BCUT2D eigenvalue weighted by Crippen LogP contribution is -2.21. The van der Waals surface area contributed by atoms with E-state index in [1.807, 2.05) is 59.3 Å². The number of rotatable bonds is 6. The summed E-state index contributed by atoms with van der Waals surface area (Å²) in [5.41, 5.74) is 2.71. The molecule has 1 amide bonds. The van der Waals surface area contributed by atoms with E-state index in [4.69, 9.17) is 4.74 Å². The molecule has 0 aliphatic heterocycles. The molecule has 1 aromatic heterocycles. The molecule has 0 atom stereocenters. The predicted octanol–water partition coefficient (Wildman–Crippen LogP) is 3.33. The number of hydrogen-bond donors (Lipinski definition) is 0. The van der Waals surface area contributed by atoms with Crippen LogP contribution in [-0.2, 0) is 6.54 Å². The summed E-state index contributed by atoms with van der Waals surface area (Å²) in [6.07, 6.45) is 5.44. The number of carbonyl (C=O) groups excluding carboxylic acids is 1. The summed E-state index contributed by atoms with van der Waals surface area (Å²) in [5.74, 6) is 0.825. The molecule has 5 nitrogen and oxygen atoms in total. The molecule has 0 radical (unpaired) electrons. The van der Waals surface area contributed by atoms with Crippen LogP contribution in [0.5, 0.6) is 5.75 Å². The number of benzene rings is 2. The van der Waals surface area contributed by atoms with Gasteiger partial charge in [0.15, 0.2) is 0 Å². The molecule has 5 heteroatoms. The molecule has 0 bridgehead atoms. The first-order chi connectivity index (χ1) is 12.1. The van der Waals surface area contributed by atoms with E-state index in [9.17, 15) is 4.79 Å². The summed E-state index contributed by atoms with van der Waals surface area (Å²) in [7, 11) is 3.50. The van der Waals surface area contributed by atoms with Gasteiger partial charge in [-0.25, -0.2) is 4.98 Å². The predicted molar refractivity (Wildman–Crippen MR) is 97.6 cm³/mol. The molecule has 0 saturated carbocycles. The number of nitrogens with zero attached hydrogens (tertiary/aromatic N) is 3. The van der Waals surface area contributed by atoms with Gasteiger partial charge in [0.25, 0.3) is 5.91 Å². The standard InChI is InChI=1S/C20H21N3O2/c1-22(2)20(24)17-9-7-16(8-10-17)18-5-3-4-6-19(18)25-14-13-23-12-11-21-15-23/h3-12,15H,13-14H2,1-2H3. The Balaban J connectivity index is 1.74. The minimum atomic E-state index is -0.00332. The quantitative estimate of drug-likeness (QED) is 0.694. The molecule has 128 valence electrons. The third-order valence-electron chi connectivity index (χ3n) is 3.90. The van der Waals surface area contributed by atoms with Crippen molar-refractivity contribution in [3.8, 4) is 16.9 Å². The summed E-state index contributed by atoms with van der Waals surface area (Å²) in [5, 5.41) is 0. The van der Waals surface area contributed by atoms with Crippen molar-refractivity contribution in [1.29, 1.82) is 0 Å². The van der Waals surface area contributed by atoms with Crippen molar-refractivity contribution in [2.45, 2.75) is 6.54 Å². The first kappa shape index (κ1) is 16.8. The molecule has 3 rings (SSSR count). The van der Waals surface area contributed by atoms with Gasteiger partial charge in [-0.15, -0.1) is 0 Å². The number of aromatic nitrogens is 2. The van der Waals surface area contributed by atoms with Crippen LogP contribution in [0, 0.1) is 0 Å². The molecule has 0 aliphatic rings. The van der Waals surface area contributed by atoms with Crippen molar-refractivity contribution < 1.29 is 9.53 Å². The van der Waals surface area contributed by atoms with Gasteiger partial charge in [0.1, 0.15) is 12.4 Å². The third kappa shape index (κ3) is 4.07. The number of ether oxygens (including phenoxy) is 1.